The molecule has 3 N–H and O–H groups in total. The number of carbonyl (C=O) groups is 3. The number of amides is 3. The molecular formula is C25H26ClN3O5. The summed E-state index contributed by atoms with van der Waals surface area (Å²) < 4.78 is 6.35. The number of halogens is 1. The largest absolute Gasteiger partial charge is 0.394 e. The van der Waals surface area contributed by atoms with Gasteiger partial charge in [0.05, 0.1) is 30.6 Å². The number of nitrogens with one attached hydrogen (secondary N) is 2. The highest BCUT2D eigenvalue weighted by Crippen LogP contribution is 2.59. The van der Waals surface area contributed by atoms with Crippen LogP contribution in [-0.2, 0) is 19.1 Å². The molecule has 34 heavy (non-hydrogen) atoms. The summed E-state index contributed by atoms with van der Waals surface area (Å²) in [5.74, 6) is -2.57. The number of nitrogens with zero attached hydrogens (tertiary/aromatic N) is 1. The van der Waals surface area contributed by atoms with Crippen LogP contribution in [0.2, 0.25) is 5.02 Å². The number of hydrogen-bond donors (Lipinski definition) is 3. The number of likely N-dealkylation sites (tertiary alicyclic amines) is 1. The molecular weight excluding hydrogens is 458 g/mol. The Morgan fingerprint density at radius 3 is 2.44 bits per heavy atom. The number of anilines is 2. The molecule has 3 heterocycles. The number of rotatable bonds is 6. The van der Waals surface area contributed by atoms with Gasteiger partial charge in [-0.15, -0.1) is 0 Å². The van der Waals surface area contributed by atoms with Crippen molar-refractivity contribution in [1.82, 2.24) is 4.90 Å². The molecule has 0 aliphatic carbocycles. The number of para-hydroxylation sites is 1. The Hall–Kier alpha value is -2.94. The van der Waals surface area contributed by atoms with Crippen LogP contribution in [0.4, 0.5) is 11.4 Å². The zero-order chi connectivity index (χ0) is 24.0. The lowest BCUT2D eigenvalue weighted by Crippen LogP contribution is -2.55. The van der Waals surface area contributed by atoms with Gasteiger partial charge in [0.2, 0.25) is 17.7 Å². The molecule has 8 nitrogen and oxygen atoms in total. The molecule has 6 atom stereocenters. The predicted octanol–water partition coefficient (Wildman–Crippen LogP) is 2.67. The van der Waals surface area contributed by atoms with E-state index in [9.17, 15) is 19.5 Å². The molecule has 3 aliphatic heterocycles. The van der Waals surface area contributed by atoms with Crippen LogP contribution in [-0.4, -0.2) is 58.1 Å². The molecule has 2 unspecified atom stereocenters. The summed E-state index contributed by atoms with van der Waals surface area (Å²) in [6, 6.07) is 14.1. The molecule has 0 radical (unpaired) electrons. The quantitative estimate of drug-likeness (QED) is 0.585. The van der Waals surface area contributed by atoms with Gasteiger partial charge in [0, 0.05) is 16.4 Å². The third-order valence-corrected chi connectivity index (χ3v) is 7.43. The second-order valence-corrected chi connectivity index (χ2v) is 9.62. The van der Waals surface area contributed by atoms with Crippen molar-refractivity contribution in [3.8, 4) is 0 Å². The van der Waals surface area contributed by atoms with Crippen LogP contribution in [0.5, 0.6) is 0 Å². The monoisotopic (exact) mass is 483 g/mol. The van der Waals surface area contributed by atoms with Gasteiger partial charge in [-0.3, -0.25) is 14.4 Å². The van der Waals surface area contributed by atoms with Gasteiger partial charge < -0.3 is 25.4 Å². The van der Waals surface area contributed by atoms with E-state index < -0.39 is 41.5 Å². The highest BCUT2D eigenvalue weighted by atomic mass is 35.5. The Morgan fingerprint density at radius 2 is 1.76 bits per heavy atom. The van der Waals surface area contributed by atoms with Crippen LogP contribution in [0.25, 0.3) is 0 Å². The Labute approximate surface area is 202 Å². The SMILES string of the molecule is C[C@H](CO)N1C(=O)[C@@H]2[C@@H](C(=O)Nc3ccccc3)[C@H]3CCC2(O3)C1C(=O)Nc1ccc(Cl)cc1. The van der Waals surface area contributed by atoms with E-state index in [1.165, 1.54) is 4.90 Å². The summed E-state index contributed by atoms with van der Waals surface area (Å²) in [6.45, 7) is 1.37. The topological polar surface area (TPSA) is 108 Å². The smallest absolute Gasteiger partial charge is 0.250 e. The Bertz CT molecular complexity index is 1110. The van der Waals surface area contributed by atoms with E-state index in [0.717, 1.165) is 0 Å². The van der Waals surface area contributed by atoms with Gasteiger partial charge in [-0.1, -0.05) is 29.8 Å². The molecule has 2 aromatic rings. The molecule has 2 aromatic carbocycles. The predicted molar refractivity (Wildman–Crippen MR) is 126 cm³/mol. The maximum absolute atomic E-state index is 13.7. The van der Waals surface area contributed by atoms with Crippen molar-refractivity contribution in [3.05, 3.63) is 59.6 Å². The number of benzene rings is 2. The third-order valence-electron chi connectivity index (χ3n) is 7.18. The average molecular weight is 484 g/mol. The first kappa shape index (κ1) is 22.8. The van der Waals surface area contributed by atoms with Gasteiger partial charge >= 0.3 is 0 Å². The van der Waals surface area contributed by atoms with Gasteiger partial charge in [-0.25, -0.2) is 0 Å². The fourth-order valence-electron chi connectivity index (χ4n) is 5.74. The van der Waals surface area contributed by atoms with Crippen LogP contribution in [0.3, 0.4) is 0 Å². The molecule has 0 saturated carbocycles. The summed E-state index contributed by atoms with van der Waals surface area (Å²) in [6.07, 6.45) is 0.606. The summed E-state index contributed by atoms with van der Waals surface area (Å²) in [7, 11) is 0. The third kappa shape index (κ3) is 3.57. The molecule has 178 valence electrons. The van der Waals surface area contributed by atoms with Crippen molar-refractivity contribution in [2.75, 3.05) is 17.2 Å². The van der Waals surface area contributed by atoms with E-state index in [1.54, 1.807) is 43.3 Å². The number of ether oxygens (including phenoxy) is 1. The molecule has 3 aliphatic rings. The number of hydrogen-bond acceptors (Lipinski definition) is 5. The average Bonchev–Trinajstić information content (AvgIpc) is 3.48. The number of aliphatic hydroxyl groups excluding tert-OH is 1. The van der Waals surface area contributed by atoms with Crippen LogP contribution in [0.15, 0.2) is 54.6 Å². The second-order valence-electron chi connectivity index (χ2n) is 9.18. The van der Waals surface area contributed by atoms with Crippen molar-refractivity contribution >= 4 is 40.7 Å². The molecule has 3 amide bonds. The van der Waals surface area contributed by atoms with Gasteiger partial charge in [0.15, 0.2) is 0 Å². The number of carbonyl (C=O) groups excluding carboxylic acids is 3. The lowest BCUT2D eigenvalue weighted by molar-refractivity contribution is -0.142. The molecule has 0 aromatic heterocycles. The highest BCUT2D eigenvalue weighted by Gasteiger charge is 2.74. The summed E-state index contributed by atoms with van der Waals surface area (Å²) in [5.41, 5.74) is 0.0389. The van der Waals surface area contributed by atoms with Gasteiger partial charge in [0.1, 0.15) is 11.6 Å². The zero-order valence-corrected chi connectivity index (χ0v) is 19.4. The van der Waals surface area contributed by atoms with E-state index in [2.05, 4.69) is 10.6 Å². The number of fused-ring (bicyclic) bond motifs is 1. The van der Waals surface area contributed by atoms with Crippen molar-refractivity contribution < 1.29 is 24.2 Å². The normalized spacial score (nSPS) is 30.2. The van der Waals surface area contributed by atoms with Crippen LogP contribution < -0.4 is 10.6 Å². The standard InChI is InChI=1S/C25H26ClN3O5/c1-14(13-30)29-21(23(32)28-17-9-7-15(26)8-10-17)25-12-11-18(34-25)19(20(25)24(29)33)22(31)27-16-5-3-2-4-6-16/h2-10,14,18-21,30H,11-13H2,1H3,(H,27,31)(H,28,32)/t14-,18-,19+,20+,21?,25?/m1/s1. The number of aliphatic hydroxyl groups is 1. The first-order chi connectivity index (χ1) is 16.4. The van der Waals surface area contributed by atoms with Crippen molar-refractivity contribution in [3.63, 3.8) is 0 Å². The van der Waals surface area contributed by atoms with E-state index in [-0.39, 0.29) is 18.4 Å². The molecule has 1 spiro atoms. The highest BCUT2D eigenvalue weighted by molar-refractivity contribution is 6.30. The fraction of sp³-hybridized carbons (Fsp3) is 0.400. The van der Waals surface area contributed by atoms with E-state index in [1.807, 2.05) is 18.2 Å². The van der Waals surface area contributed by atoms with Crippen molar-refractivity contribution in [1.29, 1.82) is 0 Å². The van der Waals surface area contributed by atoms with Crippen LogP contribution in [0, 0.1) is 11.8 Å². The minimum absolute atomic E-state index is 0.300. The van der Waals surface area contributed by atoms with Gasteiger partial charge in [-0.05, 0) is 56.2 Å². The Kier molecular flexibility index (Phi) is 5.83. The maximum Gasteiger partial charge on any atom is 0.250 e. The Morgan fingerprint density at radius 1 is 1.12 bits per heavy atom. The van der Waals surface area contributed by atoms with Crippen LogP contribution in [0.1, 0.15) is 19.8 Å². The summed E-state index contributed by atoms with van der Waals surface area (Å²) in [4.78, 5) is 42.0. The fourth-order valence-corrected chi connectivity index (χ4v) is 5.87. The minimum atomic E-state index is -1.12. The van der Waals surface area contributed by atoms with E-state index in [4.69, 9.17) is 16.3 Å². The van der Waals surface area contributed by atoms with Crippen molar-refractivity contribution in [2.45, 2.75) is 43.6 Å². The summed E-state index contributed by atoms with van der Waals surface area (Å²) >= 11 is 5.95. The van der Waals surface area contributed by atoms with E-state index >= 15 is 0 Å². The van der Waals surface area contributed by atoms with Gasteiger partial charge in [0.25, 0.3) is 0 Å². The first-order valence-corrected chi connectivity index (χ1v) is 11.8. The molecule has 9 heteroatoms. The van der Waals surface area contributed by atoms with Crippen molar-refractivity contribution in [2.24, 2.45) is 11.8 Å². The van der Waals surface area contributed by atoms with E-state index in [0.29, 0.717) is 29.2 Å². The molecule has 3 fully saturated rings. The lowest BCUT2D eigenvalue weighted by atomic mass is 9.70. The van der Waals surface area contributed by atoms with Gasteiger partial charge in [-0.2, -0.15) is 0 Å². The van der Waals surface area contributed by atoms with Crippen LogP contribution >= 0.6 is 11.6 Å². The zero-order valence-electron chi connectivity index (χ0n) is 18.6. The maximum atomic E-state index is 13.7. The second kappa shape index (κ2) is 8.69. The summed E-state index contributed by atoms with van der Waals surface area (Å²) in [5, 5.41) is 16.2. The minimum Gasteiger partial charge on any atom is -0.394 e. The molecule has 5 rings (SSSR count). The molecule has 2 bridgehead atoms. The molecule has 3 saturated heterocycles. The first-order valence-electron chi connectivity index (χ1n) is 11.4. The lowest BCUT2D eigenvalue weighted by Gasteiger charge is -2.35. The Balaban J connectivity index is 1.47.